The highest BCUT2D eigenvalue weighted by Crippen LogP contribution is 2.24. The molecule has 154 valence electrons. The maximum atomic E-state index is 12.9. The minimum Gasteiger partial charge on any atom is -0.444 e. The van der Waals surface area contributed by atoms with Gasteiger partial charge in [-0.3, -0.25) is 0 Å². The third-order valence-corrected chi connectivity index (χ3v) is 6.73. The molecular weight excluding hydrogens is 406 g/mol. The second kappa shape index (κ2) is 8.55. The molecule has 0 fully saturated rings. The first-order valence-electron chi connectivity index (χ1n) is 9.32. The Kier molecular flexibility index (Phi) is 6.29. The van der Waals surface area contributed by atoms with Crippen molar-refractivity contribution in [2.24, 2.45) is 0 Å². The van der Waals surface area contributed by atoms with E-state index >= 15 is 0 Å². The van der Waals surface area contributed by atoms with Gasteiger partial charge in [-0.05, 0) is 60.9 Å². The van der Waals surface area contributed by atoms with E-state index in [1.165, 1.54) is 0 Å². The van der Waals surface area contributed by atoms with Crippen molar-refractivity contribution in [3.63, 3.8) is 0 Å². The third-order valence-electron chi connectivity index (χ3n) is 4.22. The highest BCUT2D eigenvalue weighted by Gasteiger charge is 2.25. The number of hydrogen-bond acceptors (Lipinski definition) is 5. The molecular formula is C22H25NO4S2. The number of nitrogens with one attached hydrogen (secondary N) is 1. The fourth-order valence-electron chi connectivity index (χ4n) is 3.03. The monoisotopic (exact) mass is 431 g/mol. The van der Waals surface area contributed by atoms with E-state index in [0.29, 0.717) is 0 Å². The number of alkyl carbamates (subject to hydrolysis) is 1. The Bertz CT molecular complexity index is 1080. The third kappa shape index (κ3) is 6.30. The zero-order valence-corrected chi connectivity index (χ0v) is 18.3. The number of hydrogen-bond donors (Lipinski definition) is 1. The summed E-state index contributed by atoms with van der Waals surface area (Å²) in [5.41, 5.74) is 0.787. The van der Waals surface area contributed by atoms with Crippen LogP contribution in [0.3, 0.4) is 0 Å². The Morgan fingerprint density at radius 2 is 1.83 bits per heavy atom. The molecule has 1 N–H and O–H groups in total. The van der Waals surface area contributed by atoms with Gasteiger partial charge in [-0.2, -0.15) is 0 Å². The number of sulfone groups is 1. The Balaban J connectivity index is 1.78. The van der Waals surface area contributed by atoms with Crippen LogP contribution in [-0.2, 0) is 20.3 Å². The molecule has 0 aliphatic heterocycles. The average Bonchev–Trinajstić information content (AvgIpc) is 3.07. The molecule has 1 heterocycles. The Morgan fingerprint density at radius 1 is 1.10 bits per heavy atom. The summed E-state index contributed by atoms with van der Waals surface area (Å²) in [6, 6.07) is 16.1. The number of carbonyl (C=O) groups is 1. The predicted octanol–water partition coefficient (Wildman–Crippen LogP) is 5.08. The van der Waals surface area contributed by atoms with E-state index in [0.717, 1.165) is 21.2 Å². The number of ether oxygens (including phenoxy) is 1. The van der Waals surface area contributed by atoms with Gasteiger partial charge in [-0.15, -0.1) is 11.3 Å². The lowest BCUT2D eigenvalue weighted by atomic mass is 10.1. The van der Waals surface area contributed by atoms with Gasteiger partial charge >= 0.3 is 6.09 Å². The molecule has 0 aliphatic rings. The van der Waals surface area contributed by atoms with Crippen LogP contribution in [0.15, 0.2) is 60.0 Å². The van der Waals surface area contributed by atoms with Gasteiger partial charge < -0.3 is 10.1 Å². The molecule has 5 nitrogen and oxygen atoms in total. The molecule has 1 aromatic heterocycles. The van der Waals surface area contributed by atoms with E-state index in [-0.39, 0.29) is 11.5 Å². The summed E-state index contributed by atoms with van der Waals surface area (Å²) in [6.45, 7) is 5.30. The number of thiophene rings is 1. The summed E-state index contributed by atoms with van der Waals surface area (Å²) in [5.74, 6) is -0.296. The second-order valence-electron chi connectivity index (χ2n) is 7.96. The zero-order chi connectivity index (χ0) is 21.1. The maximum absolute atomic E-state index is 12.9. The highest BCUT2D eigenvalue weighted by atomic mass is 32.2. The van der Waals surface area contributed by atoms with Crippen LogP contribution in [-0.4, -0.2) is 25.9 Å². The molecule has 1 amide bonds. The van der Waals surface area contributed by atoms with Crippen molar-refractivity contribution in [2.75, 3.05) is 5.75 Å². The quantitative estimate of drug-likeness (QED) is 0.591. The molecule has 7 heteroatoms. The van der Waals surface area contributed by atoms with E-state index in [1.807, 2.05) is 47.8 Å². The van der Waals surface area contributed by atoms with Gasteiger partial charge in [0.2, 0.25) is 0 Å². The van der Waals surface area contributed by atoms with Crippen LogP contribution >= 0.6 is 11.3 Å². The van der Waals surface area contributed by atoms with Crippen molar-refractivity contribution < 1.29 is 17.9 Å². The smallest absolute Gasteiger partial charge is 0.408 e. The molecule has 0 aliphatic carbocycles. The first kappa shape index (κ1) is 21.3. The SMILES string of the molecule is CC(C)(C)OC(=O)N[C@H](CS(=O)(=O)Cc1ccc2sccc2c1)c1ccccc1. The Morgan fingerprint density at radius 3 is 2.52 bits per heavy atom. The van der Waals surface area contributed by atoms with E-state index < -0.39 is 27.6 Å². The molecule has 1 atom stereocenters. The maximum Gasteiger partial charge on any atom is 0.408 e. The van der Waals surface area contributed by atoms with Crippen LogP contribution in [0.1, 0.15) is 37.9 Å². The minimum atomic E-state index is -3.49. The minimum absolute atomic E-state index is 0.0852. The van der Waals surface area contributed by atoms with Crippen molar-refractivity contribution in [3.8, 4) is 0 Å². The molecule has 0 saturated heterocycles. The van der Waals surface area contributed by atoms with Crippen molar-refractivity contribution in [1.29, 1.82) is 0 Å². The Hall–Kier alpha value is -2.38. The van der Waals surface area contributed by atoms with Gasteiger partial charge in [-0.25, -0.2) is 13.2 Å². The molecule has 0 radical (unpaired) electrons. The van der Waals surface area contributed by atoms with Crippen molar-refractivity contribution in [2.45, 2.75) is 38.2 Å². The molecule has 2 aromatic carbocycles. The molecule has 3 aromatic rings. The van der Waals surface area contributed by atoms with Gasteiger partial charge in [0.1, 0.15) is 5.60 Å². The molecule has 0 bridgehead atoms. The van der Waals surface area contributed by atoms with Gasteiger partial charge in [-0.1, -0.05) is 36.4 Å². The first-order chi connectivity index (χ1) is 13.6. The number of amides is 1. The number of rotatable bonds is 6. The van der Waals surface area contributed by atoms with E-state index in [4.69, 9.17) is 4.74 Å². The summed E-state index contributed by atoms with van der Waals surface area (Å²) in [4.78, 5) is 12.3. The summed E-state index contributed by atoms with van der Waals surface area (Å²) >= 11 is 1.62. The lowest BCUT2D eigenvalue weighted by Gasteiger charge is -2.24. The topological polar surface area (TPSA) is 72.5 Å². The van der Waals surface area contributed by atoms with Crippen LogP contribution in [0.2, 0.25) is 0 Å². The molecule has 0 unspecified atom stereocenters. The normalized spacial score (nSPS) is 13.2. The molecule has 29 heavy (non-hydrogen) atoms. The molecule has 3 rings (SSSR count). The molecule has 0 saturated carbocycles. The van der Waals surface area contributed by atoms with Crippen molar-refractivity contribution >= 4 is 37.4 Å². The van der Waals surface area contributed by atoms with Crippen molar-refractivity contribution in [3.05, 3.63) is 71.1 Å². The second-order valence-corrected chi connectivity index (χ2v) is 11.0. The van der Waals surface area contributed by atoms with Gasteiger partial charge in [0, 0.05) is 4.70 Å². The largest absolute Gasteiger partial charge is 0.444 e. The van der Waals surface area contributed by atoms with Crippen LogP contribution in [0.5, 0.6) is 0 Å². The van der Waals surface area contributed by atoms with E-state index in [1.54, 1.807) is 44.2 Å². The number of benzene rings is 2. The summed E-state index contributed by atoms with van der Waals surface area (Å²) in [7, 11) is -3.49. The first-order valence-corrected chi connectivity index (χ1v) is 12.0. The zero-order valence-electron chi connectivity index (χ0n) is 16.7. The highest BCUT2D eigenvalue weighted by molar-refractivity contribution is 7.90. The fraction of sp³-hybridized carbons (Fsp3) is 0.318. The van der Waals surface area contributed by atoms with E-state index in [9.17, 15) is 13.2 Å². The standard InChI is InChI=1S/C22H25NO4S2/c1-22(2,3)27-21(24)23-19(17-7-5-4-6-8-17)15-29(25,26)14-16-9-10-20-18(13-16)11-12-28-20/h4-13,19H,14-15H2,1-3H3,(H,23,24)/t19-/m1/s1. The van der Waals surface area contributed by atoms with Crippen LogP contribution < -0.4 is 5.32 Å². The lowest BCUT2D eigenvalue weighted by molar-refractivity contribution is 0.0508. The van der Waals surface area contributed by atoms with Crippen LogP contribution in [0.25, 0.3) is 10.1 Å². The van der Waals surface area contributed by atoms with Crippen LogP contribution in [0, 0.1) is 0 Å². The van der Waals surface area contributed by atoms with Gasteiger partial charge in [0.05, 0.1) is 17.5 Å². The number of fused-ring (bicyclic) bond motifs is 1. The Labute approximate surface area is 175 Å². The summed E-state index contributed by atoms with van der Waals surface area (Å²) in [6.07, 6.45) is -0.638. The van der Waals surface area contributed by atoms with Crippen LogP contribution in [0.4, 0.5) is 4.79 Å². The molecule has 0 spiro atoms. The van der Waals surface area contributed by atoms with Gasteiger partial charge in [0.25, 0.3) is 0 Å². The fourth-order valence-corrected chi connectivity index (χ4v) is 5.39. The summed E-state index contributed by atoms with van der Waals surface area (Å²) in [5, 5.41) is 5.74. The summed E-state index contributed by atoms with van der Waals surface area (Å²) < 4.78 is 32.3. The average molecular weight is 432 g/mol. The van der Waals surface area contributed by atoms with Crippen molar-refractivity contribution in [1.82, 2.24) is 5.32 Å². The lowest BCUT2D eigenvalue weighted by Crippen LogP contribution is -2.37. The van der Waals surface area contributed by atoms with E-state index in [2.05, 4.69) is 5.32 Å². The predicted molar refractivity (Wildman–Crippen MR) is 118 cm³/mol. The number of carbonyl (C=O) groups excluding carboxylic acids is 1. The van der Waals surface area contributed by atoms with Gasteiger partial charge in [0.15, 0.2) is 9.84 Å².